The van der Waals surface area contributed by atoms with Gasteiger partial charge in [0.05, 0.1) is 26.8 Å². The zero-order valence-corrected chi connectivity index (χ0v) is 28.4. The molecule has 242 valence electrons. The van der Waals surface area contributed by atoms with Crippen molar-refractivity contribution in [3.8, 4) is 22.8 Å². The second-order valence-corrected chi connectivity index (χ2v) is 14.5. The van der Waals surface area contributed by atoms with E-state index in [0.29, 0.717) is 0 Å². The quantitative estimate of drug-likeness (QED) is 0.186. The van der Waals surface area contributed by atoms with Crippen LogP contribution < -0.4 is 0 Å². The van der Waals surface area contributed by atoms with Crippen molar-refractivity contribution in [1.82, 2.24) is 19.1 Å². The van der Waals surface area contributed by atoms with Gasteiger partial charge in [-0.2, -0.15) is 0 Å². The molecule has 0 radical (unpaired) electrons. The molecule has 6 heteroatoms. The van der Waals surface area contributed by atoms with Crippen molar-refractivity contribution in [1.29, 1.82) is 0 Å². The van der Waals surface area contributed by atoms with Crippen molar-refractivity contribution in [2.24, 2.45) is 0 Å². The van der Waals surface area contributed by atoms with Crippen molar-refractivity contribution in [3.63, 3.8) is 0 Å². The lowest BCUT2D eigenvalue weighted by molar-refractivity contribution is 0.668. The van der Waals surface area contributed by atoms with E-state index in [0.717, 1.165) is 55.8 Å². The maximum atomic E-state index is 6.10. The Morgan fingerprint density at radius 1 is 0.423 bits per heavy atom. The number of furan rings is 1. The van der Waals surface area contributed by atoms with Crippen LogP contribution in [-0.4, -0.2) is 19.1 Å². The number of thiophene rings is 1. The Morgan fingerprint density at radius 3 is 1.75 bits per heavy atom. The lowest BCUT2D eigenvalue weighted by Crippen LogP contribution is -1.97. The zero-order chi connectivity index (χ0) is 33.9. The smallest absolute Gasteiger partial charge is 0.154 e. The predicted octanol–water partition coefficient (Wildman–Crippen LogP) is 12.6. The molecule has 0 spiro atoms. The van der Waals surface area contributed by atoms with Crippen LogP contribution in [0.4, 0.5) is 0 Å². The summed E-state index contributed by atoms with van der Waals surface area (Å²) in [6.45, 7) is 0. The molecule has 0 amide bonds. The molecule has 0 aliphatic carbocycles. The van der Waals surface area contributed by atoms with Gasteiger partial charge in [0.2, 0.25) is 0 Å². The van der Waals surface area contributed by atoms with Gasteiger partial charge < -0.3 is 4.42 Å². The molecule has 0 N–H and O–H groups in total. The SMILES string of the molecule is c1ccc2c(c1)oc1ccc(-n3c4ccccc4c4cc(-c5ccc6c(c5)c5ccccc5n6-c5cc6c(cn5)sc5ccccc56)ccc43)nc12. The first-order valence-electron chi connectivity index (χ1n) is 17.4. The van der Waals surface area contributed by atoms with Crippen LogP contribution in [0.1, 0.15) is 0 Å². The van der Waals surface area contributed by atoms with Gasteiger partial charge in [-0.15, -0.1) is 11.3 Å². The molecule has 0 fully saturated rings. The highest BCUT2D eigenvalue weighted by molar-refractivity contribution is 7.25. The van der Waals surface area contributed by atoms with Crippen LogP contribution in [0.2, 0.25) is 0 Å². The molecule has 6 heterocycles. The first-order chi connectivity index (χ1) is 25.8. The lowest BCUT2D eigenvalue weighted by atomic mass is 10.0. The number of rotatable bonds is 3. The number of aromatic nitrogens is 4. The van der Waals surface area contributed by atoms with E-state index in [4.69, 9.17) is 14.4 Å². The van der Waals surface area contributed by atoms with E-state index < -0.39 is 0 Å². The topological polar surface area (TPSA) is 48.8 Å². The van der Waals surface area contributed by atoms with E-state index in [1.54, 1.807) is 11.3 Å². The summed E-state index contributed by atoms with van der Waals surface area (Å²) in [6, 6.07) is 54.0. The minimum Gasteiger partial charge on any atom is -0.454 e. The van der Waals surface area contributed by atoms with E-state index in [9.17, 15) is 0 Å². The molecule has 6 aromatic heterocycles. The van der Waals surface area contributed by atoms with E-state index in [1.165, 1.54) is 52.8 Å². The Kier molecular flexibility index (Phi) is 5.59. The van der Waals surface area contributed by atoms with Crippen molar-refractivity contribution < 1.29 is 4.42 Å². The molecule has 0 saturated heterocycles. The molecule has 0 unspecified atom stereocenters. The lowest BCUT2D eigenvalue weighted by Gasteiger charge is -2.09. The number of hydrogen-bond acceptors (Lipinski definition) is 4. The van der Waals surface area contributed by atoms with E-state index in [1.807, 2.05) is 30.5 Å². The van der Waals surface area contributed by atoms with Crippen LogP contribution in [0.5, 0.6) is 0 Å². The fraction of sp³-hybridized carbons (Fsp3) is 0. The molecule has 0 saturated carbocycles. The summed E-state index contributed by atoms with van der Waals surface area (Å²) in [6.07, 6.45) is 2.03. The number of para-hydroxylation sites is 3. The monoisotopic (exact) mass is 682 g/mol. The van der Waals surface area contributed by atoms with Crippen molar-refractivity contribution in [2.45, 2.75) is 0 Å². The Balaban J connectivity index is 1.03. The van der Waals surface area contributed by atoms with Crippen LogP contribution in [0.25, 0.3) is 109 Å². The molecule has 12 rings (SSSR count). The minimum atomic E-state index is 0.793. The predicted molar refractivity (Wildman–Crippen MR) is 216 cm³/mol. The number of pyridine rings is 2. The highest BCUT2D eigenvalue weighted by Crippen LogP contribution is 2.40. The van der Waals surface area contributed by atoms with Crippen molar-refractivity contribution in [3.05, 3.63) is 158 Å². The number of nitrogens with zero attached hydrogens (tertiary/aromatic N) is 4. The zero-order valence-electron chi connectivity index (χ0n) is 27.6. The molecule has 0 aliphatic heterocycles. The second kappa shape index (κ2) is 10.4. The molecule has 12 aromatic rings. The highest BCUT2D eigenvalue weighted by atomic mass is 32.1. The van der Waals surface area contributed by atoms with Gasteiger partial charge in [-0.1, -0.05) is 78.9 Å². The molecule has 0 aliphatic rings. The average Bonchev–Trinajstić information content (AvgIpc) is 3.94. The normalized spacial score (nSPS) is 12.2. The third-order valence-electron chi connectivity index (χ3n) is 10.6. The summed E-state index contributed by atoms with van der Waals surface area (Å²) in [5.41, 5.74) is 9.39. The first kappa shape index (κ1) is 28.0. The molecule has 5 nitrogen and oxygen atoms in total. The Hall–Kier alpha value is -6.76. The maximum Gasteiger partial charge on any atom is 0.154 e. The fourth-order valence-corrected chi connectivity index (χ4v) is 9.30. The summed E-state index contributed by atoms with van der Waals surface area (Å²) in [4.78, 5) is 10.2. The molecule has 6 aromatic carbocycles. The Morgan fingerprint density at radius 2 is 1.02 bits per heavy atom. The van der Waals surface area contributed by atoms with Gasteiger partial charge >= 0.3 is 0 Å². The summed E-state index contributed by atoms with van der Waals surface area (Å²) < 4.78 is 13.2. The van der Waals surface area contributed by atoms with Gasteiger partial charge in [-0.05, 0) is 83.9 Å². The summed E-state index contributed by atoms with van der Waals surface area (Å²) in [7, 11) is 0. The molecule has 0 atom stereocenters. The summed E-state index contributed by atoms with van der Waals surface area (Å²) in [5.74, 6) is 1.80. The van der Waals surface area contributed by atoms with Crippen LogP contribution in [0.15, 0.2) is 162 Å². The third-order valence-corrected chi connectivity index (χ3v) is 11.7. The van der Waals surface area contributed by atoms with Gasteiger partial charge in [-0.3, -0.25) is 9.13 Å². The minimum absolute atomic E-state index is 0.793. The fourth-order valence-electron chi connectivity index (χ4n) is 8.25. The molecule has 0 bridgehead atoms. The summed E-state index contributed by atoms with van der Waals surface area (Å²) >= 11 is 1.80. The van der Waals surface area contributed by atoms with Crippen molar-refractivity contribution >= 4 is 97.2 Å². The maximum absolute atomic E-state index is 6.10. The Labute approximate surface area is 300 Å². The average molecular weight is 683 g/mol. The third kappa shape index (κ3) is 3.87. The van der Waals surface area contributed by atoms with Crippen LogP contribution in [-0.2, 0) is 0 Å². The number of benzene rings is 6. The Bertz CT molecular complexity index is 3200. The summed E-state index contributed by atoms with van der Waals surface area (Å²) in [5, 5.41) is 8.34. The molecule has 52 heavy (non-hydrogen) atoms. The standard InChI is InChI=1S/C46H26N4OS/c1-5-13-36-29(9-1)33-23-27(17-19-38(33)49(36)44-22-21-41-46(48-44)32-12-3-7-15-40(32)51-41)28-18-20-39-34(24-28)30-10-2-6-14-37(30)50(39)45-25-35-31-11-4-8-16-42(31)52-43(35)26-47-45/h1-26H. The van der Waals surface area contributed by atoms with Gasteiger partial charge in [0.15, 0.2) is 5.58 Å². The van der Waals surface area contributed by atoms with Crippen molar-refractivity contribution in [2.75, 3.05) is 0 Å². The van der Waals surface area contributed by atoms with Gasteiger partial charge in [-0.25, -0.2) is 9.97 Å². The van der Waals surface area contributed by atoms with Crippen LogP contribution in [0.3, 0.4) is 0 Å². The van der Waals surface area contributed by atoms with Gasteiger partial charge in [0.25, 0.3) is 0 Å². The number of hydrogen-bond donors (Lipinski definition) is 0. The van der Waals surface area contributed by atoms with Gasteiger partial charge in [0.1, 0.15) is 22.7 Å². The number of fused-ring (bicyclic) bond motifs is 12. The largest absolute Gasteiger partial charge is 0.454 e. The first-order valence-corrected chi connectivity index (χ1v) is 18.2. The van der Waals surface area contributed by atoms with Gasteiger partial charge in [0, 0.05) is 48.6 Å². The van der Waals surface area contributed by atoms with E-state index in [2.05, 4.69) is 137 Å². The molecular formula is C46H26N4OS. The van der Waals surface area contributed by atoms with Crippen LogP contribution in [0, 0.1) is 0 Å². The second-order valence-electron chi connectivity index (χ2n) is 13.4. The van der Waals surface area contributed by atoms with E-state index >= 15 is 0 Å². The molecular weight excluding hydrogens is 657 g/mol. The van der Waals surface area contributed by atoms with E-state index in [-0.39, 0.29) is 0 Å². The highest BCUT2D eigenvalue weighted by Gasteiger charge is 2.18. The van der Waals surface area contributed by atoms with Crippen LogP contribution >= 0.6 is 11.3 Å².